The number of rotatable bonds is 8. The number of hydrogen-bond donors (Lipinski definition) is 2. The van der Waals surface area contributed by atoms with Gasteiger partial charge >= 0.3 is 0 Å². The molecule has 1 amide bonds. The number of benzene rings is 2. The van der Waals surface area contributed by atoms with Gasteiger partial charge in [0.25, 0.3) is 5.91 Å². The molecule has 34 heavy (non-hydrogen) atoms. The highest BCUT2D eigenvalue weighted by molar-refractivity contribution is 7.89. The summed E-state index contributed by atoms with van der Waals surface area (Å²) in [6.45, 7) is 2.18. The predicted molar refractivity (Wildman–Crippen MR) is 130 cm³/mol. The standard InChI is InChI=1S/C25H25ClN4O3S/c26-19-8-10-21(11-9-19)34(32,33)30(16-20-3-1-2-12-28-20)15-17-4-6-18(7-5-17)25(31)29-24-22-13-27-14-23(22)24/h1-12,22-24,27H,13-16H2,(H,29,31)/t22-,23+,24?. The zero-order valence-corrected chi connectivity index (χ0v) is 20.0. The fourth-order valence-electron chi connectivity index (χ4n) is 4.49. The van der Waals surface area contributed by atoms with E-state index in [4.69, 9.17) is 11.6 Å². The van der Waals surface area contributed by atoms with Crippen LogP contribution in [0.25, 0.3) is 0 Å². The summed E-state index contributed by atoms with van der Waals surface area (Å²) in [5.41, 5.74) is 1.98. The van der Waals surface area contributed by atoms with E-state index < -0.39 is 10.0 Å². The van der Waals surface area contributed by atoms with Crippen molar-refractivity contribution in [3.8, 4) is 0 Å². The molecule has 3 atom stereocenters. The maximum absolute atomic E-state index is 13.4. The summed E-state index contributed by atoms with van der Waals surface area (Å²) in [7, 11) is -3.81. The van der Waals surface area contributed by atoms with Crippen molar-refractivity contribution < 1.29 is 13.2 Å². The van der Waals surface area contributed by atoms with E-state index in [-0.39, 0.29) is 29.9 Å². The van der Waals surface area contributed by atoms with E-state index in [1.165, 1.54) is 16.4 Å². The normalized spacial score (nSPS) is 21.3. The Hall–Kier alpha value is -2.78. The molecule has 3 aromatic rings. The number of nitrogens with one attached hydrogen (secondary N) is 2. The first-order chi connectivity index (χ1) is 16.4. The summed E-state index contributed by atoms with van der Waals surface area (Å²) in [6, 6.07) is 18.9. The molecule has 2 aliphatic rings. The van der Waals surface area contributed by atoms with Crippen LogP contribution in [0.15, 0.2) is 77.8 Å². The number of halogens is 1. The number of carbonyl (C=O) groups excluding carboxylic acids is 1. The Morgan fingerprint density at radius 2 is 1.71 bits per heavy atom. The molecule has 7 nitrogen and oxygen atoms in total. The van der Waals surface area contributed by atoms with Gasteiger partial charge in [-0.2, -0.15) is 4.31 Å². The second-order valence-corrected chi connectivity index (χ2v) is 11.1. The molecular formula is C25H25ClN4O3S. The molecule has 1 aromatic heterocycles. The van der Waals surface area contributed by atoms with Crippen molar-refractivity contribution in [3.05, 3.63) is 94.8 Å². The van der Waals surface area contributed by atoms with Crippen molar-refractivity contribution in [1.82, 2.24) is 19.9 Å². The Bertz CT molecular complexity index is 1260. The molecule has 2 heterocycles. The van der Waals surface area contributed by atoms with Crippen molar-refractivity contribution in [2.75, 3.05) is 13.1 Å². The third kappa shape index (κ3) is 4.86. The van der Waals surface area contributed by atoms with E-state index in [2.05, 4.69) is 15.6 Å². The molecule has 2 fully saturated rings. The Morgan fingerprint density at radius 3 is 2.35 bits per heavy atom. The highest BCUT2D eigenvalue weighted by Crippen LogP contribution is 2.41. The minimum absolute atomic E-state index is 0.0925. The van der Waals surface area contributed by atoms with Crippen LogP contribution in [-0.2, 0) is 23.1 Å². The maximum atomic E-state index is 13.4. The smallest absolute Gasteiger partial charge is 0.251 e. The predicted octanol–water partition coefficient (Wildman–Crippen LogP) is 3.07. The van der Waals surface area contributed by atoms with Gasteiger partial charge in [0.15, 0.2) is 0 Å². The Morgan fingerprint density at radius 1 is 1.00 bits per heavy atom. The summed E-state index contributed by atoms with van der Waals surface area (Å²) in [5.74, 6) is 0.994. The molecule has 1 aliphatic heterocycles. The molecule has 1 unspecified atom stereocenters. The second-order valence-electron chi connectivity index (χ2n) is 8.73. The number of aromatic nitrogens is 1. The lowest BCUT2D eigenvalue weighted by Gasteiger charge is -2.22. The first-order valence-corrected chi connectivity index (χ1v) is 13.0. The number of carbonyl (C=O) groups is 1. The Labute approximate surface area is 204 Å². The number of piperidine rings is 1. The first-order valence-electron chi connectivity index (χ1n) is 11.2. The van der Waals surface area contributed by atoms with Gasteiger partial charge in [-0.1, -0.05) is 29.8 Å². The Balaban J connectivity index is 1.33. The van der Waals surface area contributed by atoms with Gasteiger partial charge in [-0.15, -0.1) is 0 Å². The van der Waals surface area contributed by atoms with Crippen LogP contribution in [0.2, 0.25) is 5.02 Å². The van der Waals surface area contributed by atoms with Gasteiger partial charge in [-0.3, -0.25) is 9.78 Å². The van der Waals surface area contributed by atoms with Crippen LogP contribution in [-0.4, -0.2) is 42.7 Å². The summed E-state index contributed by atoms with van der Waals surface area (Å²) < 4.78 is 28.3. The Kier molecular flexibility index (Phi) is 6.40. The average molecular weight is 497 g/mol. The van der Waals surface area contributed by atoms with Crippen molar-refractivity contribution >= 4 is 27.5 Å². The van der Waals surface area contributed by atoms with E-state index in [1.54, 1.807) is 54.7 Å². The van der Waals surface area contributed by atoms with E-state index in [9.17, 15) is 13.2 Å². The van der Waals surface area contributed by atoms with Gasteiger partial charge in [0, 0.05) is 42.5 Å². The van der Waals surface area contributed by atoms with Crippen LogP contribution in [0.3, 0.4) is 0 Å². The number of sulfonamides is 1. The fourth-order valence-corrected chi connectivity index (χ4v) is 6.01. The van der Waals surface area contributed by atoms with Crippen molar-refractivity contribution in [1.29, 1.82) is 0 Å². The van der Waals surface area contributed by atoms with Crippen LogP contribution in [0, 0.1) is 11.8 Å². The quantitative estimate of drug-likeness (QED) is 0.500. The van der Waals surface area contributed by atoms with Gasteiger partial charge in [0.05, 0.1) is 17.1 Å². The minimum atomic E-state index is -3.81. The van der Waals surface area contributed by atoms with Gasteiger partial charge in [0.1, 0.15) is 0 Å². The zero-order valence-electron chi connectivity index (χ0n) is 18.4. The molecule has 9 heteroatoms. The maximum Gasteiger partial charge on any atom is 0.251 e. The topological polar surface area (TPSA) is 91.4 Å². The van der Waals surface area contributed by atoms with Crippen LogP contribution < -0.4 is 10.6 Å². The van der Waals surface area contributed by atoms with E-state index in [0.717, 1.165) is 18.7 Å². The number of hydrogen-bond acceptors (Lipinski definition) is 5. The number of fused-ring (bicyclic) bond motifs is 1. The van der Waals surface area contributed by atoms with Gasteiger partial charge in [0.2, 0.25) is 10.0 Å². The second kappa shape index (κ2) is 9.46. The van der Waals surface area contributed by atoms with Crippen LogP contribution in [0.5, 0.6) is 0 Å². The molecule has 0 bridgehead atoms. The van der Waals surface area contributed by atoms with Gasteiger partial charge in [-0.25, -0.2) is 8.42 Å². The van der Waals surface area contributed by atoms with Crippen LogP contribution in [0.1, 0.15) is 21.6 Å². The number of amides is 1. The van der Waals surface area contributed by atoms with Gasteiger partial charge in [-0.05, 0) is 65.9 Å². The molecule has 176 valence electrons. The summed E-state index contributed by atoms with van der Waals surface area (Å²) in [4.78, 5) is 17.1. The molecule has 1 saturated carbocycles. The van der Waals surface area contributed by atoms with E-state index >= 15 is 0 Å². The average Bonchev–Trinajstić information content (AvgIpc) is 3.25. The van der Waals surface area contributed by atoms with Crippen LogP contribution in [0.4, 0.5) is 0 Å². The molecule has 2 aromatic carbocycles. The third-order valence-electron chi connectivity index (χ3n) is 6.48. The molecule has 1 aliphatic carbocycles. The van der Waals surface area contributed by atoms with Crippen molar-refractivity contribution in [3.63, 3.8) is 0 Å². The first kappa shape index (κ1) is 23.0. The SMILES string of the molecule is O=C(NC1[C@H]2CNC[C@@H]12)c1ccc(CN(Cc2ccccn2)S(=O)(=O)c2ccc(Cl)cc2)cc1. The molecule has 1 saturated heterocycles. The zero-order chi connectivity index (χ0) is 23.7. The highest BCUT2D eigenvalue weighted by atomic mass is 35.5. The third-order valence-corrected chi connectivity index (χ3v) is 8.54. The largest absolute Gasteiger partial charge is 0.349 e. The minimum Gasteiger partial charge on any atom is -0.349 e. The van der Waals surface area contributed by atoms with E-state index in [0.29, 0.717) is 28.1 Å². The van der Waals surface area contributed by atoms with Crippen molar-refractivity contribution in [2.45, 2.75) is 24.0 Å². The molecule has 5 rings (SSSR count). The molecule has 2 N–H and O–H groups in total. The lowest BCUT2D eigenvalue weighted by molar-refractivity contribution is 0.0946. The number of nitrogens with zero attached hydrogens (tertiary/aromatic N) is 2. The lowest BCUT2D eigenvalue weighted by Crippen LogP contribution is -2.32. The summed E-state index contributed by atoms with van der Waals surface area (Å²) in [5, 5.41) is 6.90. The summed E-state index contributed by atoms with van der Waals surface area (Å²) in [6.07, 6.45) is 1.64. The van der Waals surface area contributed by atoms with Gasteiger partial charge < -0.3 is 10.6 Å². The monoisotopic (exact) mass is 496 g/mol. The highest BCUT2D eigenvalue weighted by Gasteiger charge is 2.53. The van der Waals surface area contributed by atoms with Crippen LogP contribution >= 0.6 is 11.6 Å². The van der Waals surface area contributed by atoms with Crippen molar-refractivity contribution in [2.24, 2.45) is 11.8 Å². The lowest BCUT2D eigenvalue weighted by atomic mass is 10.1. The molecule has 0 radical (unpaired) electrons. The fraction of sp³-hybridized carbons (Fsp3) is 0.280. The molecule has 0 spiro atoms. The van der Waals surface area contributed by atoms with E-state index in [1.807, 2.05) is 6.07 Å². The number of pyridine rings is 1. The summed E-state index contributed by atoms with van der Waals surface area (Å²) >= 11 is 5.95. The molecular weight excluding hydrogens is 472 g/mol.